The van der Waals surface area contributed by atoms with E-state index in [9.17, 15) is 19.5 Å². The first kappa shape index (κ1) is 62.5. The summed E-state index contributed by atoms with van der Waals surface area (Å²) in [5.41, 5.74) is 0. The van der Waals surface area contributed by atoms with Crippen molar-refractivity contribution in [1.82, 2.24) is 0 Å². The average molecular weight is 924 g/mol. The molecule has 0 fully saturated rings. The fraction of sp³-hybridized carbons (Fsp3) is 0.702. The summed E-state index contributed by atoms with van der Waals surface area (Å²) in [6.45, 7) is 4.60. The summed E-state index contributed by atoms with van der Waals surface area (Å²) in [5.74, 6) is -2.30. The van der Waals surface area contributed by atoms with Gasteiger partial charge in [-0.1, -0.05) is 202 Å². The highest BCUT2D eigenvalue weighted by Crippen LogP contribution is 2.14. The molecule has 2 unspecified atom stereocenters. The Bertz CT molecular complexity index is 1350. The summed E-state index contributed by atoms with van der Waals surface area (Å²) < 4.78 is 22.6. The largest absolute Gasteiger partial charge is 0.545 e. The van der Waals surface area contributed by atoms with E-state index in [0.717, 1.165) is 89.9 Å². The highest BCUT2D eigenvalue weighted by Gasteiger charge is 2.22. The summed E-state index contributed by atoms with van der Waals surface area (Å²) in [4.78, 5) is 37.1. The van der Waals surface area contributed by atoms with Gasteiger partial charge in [-0.05, 0) is 70.6 Å². The quantitative estimate of drug-likeness (QED) is 0.0195. The molecule has 0 aliphatic heterocycles. The lowest BCUT2D eigenvalue weighted by Gasteiger charge is -2.26. The fourth-order valence-corrected chi connectivity index (χ4v) is 6.87. The predicted octanol–water partition coefficient (Wildman–Crippen LogP) is 13.5. The molecule has 0 aromatic heterocycles. The molecule has 2 atom stereocenters. The van der Waals surface area contributed by atoms with Gasteiger partial charge in [0.25, 0.3) is 0 Å². The third-order valence-corrected chi connectivity index (χ3v) is 10.9. The Balaban J connectivity index is 4.29. The van der Waals surface area contributed by atoms with E-state index in [1.807, 2.05) is 21.1 Å². The molecule has 0 saturated carbocycles. The normalized spacial score (nSPS) is 13.5. The highest BCUT2D eigenvalue weighted by molar-refractivity contribution is 5.70. The molecule has 0 heterocycles. The number of rotatable bonds is 47. The summed E-state index contributed by atoms with van der Waals surface area (Å²) in [6.07, 6.45) is 59.1. The minimum atomic E-state index is -1.63. The van der Waals surface area contributed by atoms with Crippen LogP contribution in [0.5, 0.6) is 0 Å². The van der Waals surface area contributed by atoms with Gasteiger partial charge in [0.15, 0.2) is 12.4 Å². The number of carbonyl (C=O) groups is 3. The number of allylic oxidation sites excluding steroid dienone is 14. The zero-order valence-corrected chi connectivity index (χ0v) is 42.8. The molecule has 9 nitrogen and oxygen atoms in total. The van der Waals surface area contributed by atoms with Crippen LogP contribution in [-0.4, -0.2) is 82.3 Å². The van der Waals surface area contributed by atoms with Crippen molar-refractivity contribution in [2.75, 3.05) is 47.5 Å². The Labute approximate surface area is 404 Å². The summed E-state index contributed by atoms with van der Waals surface area (Å²) in [7, 11) is 5.90. The van der Waals surface area contributed by atoms with Crippen molar-refractivity contribution < 1.29 is 42.9 Å². The van der Waals surface area contributed by atoms with Gasteiger partial charge in [-0.3, -0.25) is 9.59 Å². The van der Waals surface area contributed by atoms with Crippen LogP contribution in [0.15, 0.2) is 85.1 Å². The van der Waals surface area contributed by atoms with Crippen molar-refractivity contribution in [1.29, 1.82) is 0 Å². The fourth-order valence-electron chi connectivity index (χ4n) is 6.87. The van der Waals surface area contributed by atoms with Crippen molar-refractivity contribution in [3.8, 4) is 0 Å². The number of nitrogens with zero attached hydrogens (tertiary/aromatic N) is 1. The third kappa shape index (κ3) is 48.4. The monoisotopic (exact) mass is 924 g/mol. The Morgan fingerprint density at radius 1 is 0.470 bits per heavy atom. The number of carboxylic acids is 1. The van der Waals surface area contributed by atoms with Crippen LogP contribution in [0, 0.1) is 0 Å². The van der Waals surface area contributed by atoms with Crippen molar-refractivity contribution in [3.63, 3.8) is 0 Å². The number of quaternary nitrogens is 1. The van der Waals surface area contributed by atoms with Gasteiger partial charge in [-0.2, -0.15) is 0 Å². The molecular formula is C57H97NO8. The maximum absolute atomic E-state index is 12.8. The first-order valence-electron chi connectivity index (χ1n) is 26.2. The van der Waals surface area contributed by atoms with Gasteiger partial charge in [0.2, 0.25) is 0 Å². The van der Waals surface area contributed by atoms with Crippen LogP contribution in [0.2, 0.25) is 0 Å². The summed E-state index contributed by atoms with van der Waals surface area (Å²) in [6, 6.07) is 0. The third-order valence-electron chi connectivity index (χ3n) is 10.9. The Kier molecular flexibility index (Phi) is 45.4. The summed E-state index contributed by atoms with van der Waals surface area (Å²) >= 11 is 0. The van der Waals surface area contributed by atoms with Gasteiger partial charge < -0.3 is 33.3 Å². The van der Waals surface area contributed by atoms with Crippen LogP contribution < -0.4 is 5.11 Å². The molecule has 66 heavy (non-hydrogen) atoms. The molecule has 0 aromatic rings. The number of aliphatic carboxylic acids is 1. The van der Waals surface area contributed by atoms with E-state index < -0.39 is 24.3 Å². The molecule has 0 aliphatic carbocycles. The maximum Gasteiger partial charge on any atom is 0.306 e. The van der Waals surface area contributed by atoms with Crippen LogP contribution >= 0.6 is 0 Å². The average Bonchev–Trinajstić information content (AvgIpc) is 3.28. The van der Waals surface area contributed by atoms with Crippen molar-refractivity contribution in [3.05, 3.63) is 85.1 Å². The molecule has 378 valence electrons. The van der Waals surface area contributed by atoms with E-state index >= 15 is 0 Å². The Morgan fingerprint density at radius 3 is 1.29 bits per heavy atom. The molecule has 0 rings (SSSR count). The van der Waals surface area contributed by atoms with Crippen LogP contribution in [-0.2, 0) is 33.3 Å². The van der Waals surface area contributed by atoms with Gasteiger partial charge in [0.1, 0.15) is 13.2 Å². The van der Waals surface area contributed by atoms with Crippen LogP contribution in [0.3, 0.4) is 0 Å². The Morgan fingerprint density at radius 2 is 0.864 bits per heavy atom. The minimum Gasteiger partial charge on any atom is -0.545 e. The molecule has 0 bridgehead atoms. The lowest BCUT2D eigenvalue weighted by Crippen LogP contribution is -2.44. The first-order valence-corrected chi connectivity index (χ1v) is 26.2. The number of likely N-dealkylation sites (N-methyl/N-ethyl adjacent to an activating group) is 1. The standard InChI is InChI=1S/C57H97NO8/c1-6-8-10-12-14-16-18-20-21-22-23-24-25-26-27-28-29-30-31-32-33-34-35-36-38-40-42-44-46-48-55(60)66-53(52-65-57(56(61)62)63-50-49-58(3,4)5)51-64-54(59)47-45-43-41-39-37-19-17-15-13-11-9-7-2/h8,10,14,16,20-21,23-24,26-27,29-30,32-33,53,57H,6-7,9,11-13,15,17-19,22,25,28,31,34-52H2,1-5H3/b10-8-,16-14-,21-20-,24-23-,27-26-,30-29-,33-32-. The van der Waals surface area contributed by atoms with E-state index in [4.69, 9.17) is 18.9 Å². The topological polar surface area (TPSA) is 111 Å². The highest BCUT2D eigenvalue weighted by atomic mass is 16.7. The second-order valence-corrected chi connectivity index (χ2v) is 18.4. The number of ether oxygens (including phenoxy) is 4. The van der Waals surface area contributed by atoms with Gasteiger partial charge >= 0.3 is 11.9 Å². The molecule has 0 N–H and O–H groups in total. The maximum atomic E-state index is 12.8. The zero-order valence-electron chi connectivity index (χ0n) is 42.8. The molecule has 0 amide bonds. The van der Waals surface area contributed by atoms with Gasteiger partial charge in [-0.15, -0.1) is 0 Å². The van der Waals surface area contributed by atoms with Crippen LogP contribution in [0.1, 0.15) is 200 Å². The molecular weight excluding hydrogens is 827 g/mol. The number of unbranched alkanes of at least 4 members (excludes halogenated alkanes) is 18. The number of hydrogen-bond acceptors (Lipinski definition) is 8. The lowest BCUT2D eigenvalue weighted by atomic mass is 10.0. The summed E-state index contributed by atoms with van der Waals surface area (Å²) in [5, 5.41) is 11.7. The van der Waals surface area contributed by atoms with Crippen LogP contribution in [0.4, 0.5) is 0 Å². The van der Waals surface area contributed by atoms with Gasteiger partial charge in [0.05, 0.1) is 40.3 Å². The number of esters is 2. The zero-order chi connectivity index (χ0) is 48.4. The molecule has 9 heteroatoms. The molecule has 0 radical (unpaired) electrons. The van der Waals surface area contributed by atoms with E-state index in [1.54, 1.807) is 0 Å². The molecule has 0 spiro atoms. The van der Waals surface area contributed by atoms with Gasteiger partial charge in [0, 0.05) is 12.8 Å². The minimum absolute atomic E-state index is 0.142. The second-order valence-electron chi connectivity index (χ2n) is 18.4. The molecule has 0 aromatic carbocycles. The van der Waals surface area contributed by atoms with Crippen molar-refractivity contribution >= 4 is 17.9 Å². The molecule has 0 aliphatic rings. The molecule has 0 saturated heterocycles. The SMILES string of the molecule is CC/C=C\C/C=C\C/C=C\C/C=C\C/C=C\C/C=C\C/C=C\CCCCCCCCCC(=O)OC(COC(=O)CCCCCCCCCCCCCC)COC(OCC[N+](C)(C)C)C(=O)[O-]. The first-order chi connectivity index (χ1) is 32.1. The smallest absolute Gasteiger partial charge is 0.306 e. The van der Waals surface area contributed by atoms with E-state index in [-0.39, 0.29) is 38.6 Å². The van der Waals surface area contributed by atoms with Crippen LogP contribution in [0.25, 0.3) is 0 Å². The number of carbonyl (C=O) groups excluding carboxylic acids is 3. The second kappa shape index (κ2) is 47.9. The lowest BCUT2D eigenvalue weighted by molar-refractivity contribution is -0.870. The predicted molar refractivity (Wildman–Crippen MR) is 274 cm³/mol. The van der Waals surface area contributed by atoms with E-state index in [1.165, 1.54) is 77.0 Å². The Hall–Kier alpha value is -3.53. The van der Waals surface area contributed by atoms with Crippen molar-refractivity contribution in [2.45, 2.75) is 212 Å². The van der Waals surface area contributed by atoms with Crippen molar-refractivity contribution in [2.24, 2.45) is 0 Å². The van der Waals surface area contributed by atoms with E-state index in [2.05, 4.69) is 98.9 Å². The van der Waals surface area contributed by atoms with Gasteiger partial charge in [-0.25, -0.2) is 0 Å². The number of hydrogen-bond donors (Lipinski definition) is 0. The van der Waals surface area contributed by atoms with E-state index in [0.29, 0.717) is 17.4 Å². The number of carboxylic acid groups (broad SMARTS) is 1.